The molecule has 104 valence electrons. The summed E-state index contributed by atoms with van der Waals surface area (Å²) >= 11 is 5.89. The zero-order chi connectivity index (χ0) is 14.0. The van der Waals surface area contributed by atoms with Crippen molar-refractivity contribution in [3.05, 3.63) is 28.8 Å². The Morgan fingerprint density at radius 3 is 2.89 bits per heavy atom. The predicted molar refractivity (Wildman–Crippen MR) is 75.5 cm³/mol. The van der Waals surface area contributed by atoms with E-state index in [1.165, 1.54) is 0 Å². The van der Waals surface area contributed by atoms with E-state index in [4.69, 9.17) is 22.1 Å². The Labute approximate surface area is 118 Å². The maximum Gasteiger partial charge on any atom is 0.263 e. The molecule has 2 atom stereocenters. The van der Waals surface area contributed by atoms with Gasteiger partial charge in [-0.1, -0.05) is 11.6 Å². The van der Waals surface area contributed by atoms with Gasteiger partial charge in [0, 0.05) is 24.2 Å². The minimum atomic E-state index is -0.509. The summed E-state index contributed by atoms with van der Waals surface area (Å²) in [6.07, 6.45) is 0.350. The Balaban J connectivity index is 2.00. The molecule has 0 unspecified atom stereocenters. The van der Waals surface area contributed by atoms with Crippen molar-refractivity contribution in [2.24, 2.45) is 5.73 Å². The van der Waals surface area contributed by atoms with Crippen molar-refractivity contribution in [1.82, 2.24) is 4.90 Å². The zero-order valence-electron chi connectivity index (χ0n) is 11.2. The largest absolute Gasteiger partial charge is 0.481 e. The van der Waals surface area contributed by atoms with Gasteiger partial charge in [-0.2, -0.15) is 0 Å². The Hall–Kier alpha value is -1.26. The number of carbonyl (C=O) groups excluding carboxylic acids is 1. The fraction of sp³-hybridized carbons (Fsp3) is 0.500. The Bertz CT molecular complexity index is 479. The summed E-state index contributed by atoms with van der Waals surface area (Å²) < 4.78 is 5.72. The predicted octanol–water partition coefficient (Wildman–Crippen LogP) is 1.98. The van der Waals surface area contributed by atoms with Crippen molar-refractivity contribution < 1.29 is 9.53 Å². The van der Waals surface area contributed by atoms with Crippen molar-refractivity contribution in [3.8, 4) is 5.75 Å². The fourth-order valence-corrected chi connectivity index (χ4v) is 2.46. The molecule has 1 saturated heterocycles. The van der Waals surface area contributed by atoms with Crippen molar-refractivity contribution >= 4 is 17.5 Å². The molecule has 0 aromatic heterocycles. The van der Waals surface area contributed by atoms with Crippen LogP contribution in [0, 0.1) is 6.92 Å². The number of benzene rings is 1. The highest BCUT2D eigenvalue weighted by Crippen LogP contribution is 2.23. The summed E-state index contributed by atoms with van der Waals surface area (Å²) in [7, 11) is 0. The number of likely N-dealkylation sites (tertiary alicyclic amines) is 1. The van der Waals surface area contributed by atoms with E-state index in [9.17, 15) is 4.79 Å². The first-order valence-electron chi connectivity index (χ1n) is 6.44. The van der Waals surface area contributed by atoms with Crippen LogP contribution < -0.4 is 10.5 Å². The number of hydrogen-bond donors (Lipinski definition) is 1. The van der Waals surface area contributed by atoms with Crippen LogP contribution >= 0.6 is 11.6 Å². The molecule has 1 aromatic rings. The van der Waals surface area contributed by atoms with Crippen LogP contribution in [0.25, 0.3) is 0 Å². The number of nitrogens with two attached hydrogens (primary N) is 1. The molecule has 4 nitrogen and oxygen atoms in total. The summed E-state index contributed by atoms with van der Waals surface area (Å²) in [6.45, 7) is 5.00. The lowest BCUT2D eigenvalue weighted by molar-refractivity contribution is -0.136. The molecule has 1 fully saturated rings. The summed E-state index contributed by atoms with van der Waals surface area (Å²) in [5.41, 5.74) is 6.73. The number of carbonyl (C=O) groups is 1. The average molecular weight is 283 g/mol. The van der Waals surface area contributed by atoms with E-state index in [1.54, 1.807) is 24.0 Å². The van der Waals surface area contributed by atoms with E-state index in [-0.39, 0.29) is 11.9 Å². The van der Waals surface area contributed by atoms with Gasteiger partial charge in [-0.3, -0.25) is 4.79 Å². The minimum Gasteiger partial charge on any atom is -0.481 e. The van der Waals surface area contributed by atoms with Crippen molar-refractivity contribution in [1.29, 1.82) is 0 Å². The number of hydrogen-bond acceptors (Lipinski definition) is 3. The van der Waals surface area contributed by atoms with Crippen LogP contribution in [0.5, 0.6) is 5.75 Å². The van der Waals surface area contributed by atoms with Crippen LogP contribution in [-0.2, 0) is 4.79 Å². The molecule has 1 heterocycles. The quantitative estimate of drug-likeness (QED) is 0.922. The maximum absolute atomic E-state index is 12.2. The van der Waals surface area contributed by atoms with E-state index >= 15 is 0 Å². The third-order valence-electron chi connectivity index (χ3n) is 3.32. The first-order valence-corrected chi connectivity index (χ1v) is 6.82. The molecule has 19 heavy (non-hydrogen) atoms. The minimum absolute atomic E-state index is 0.0118. The monoisotopic (exact) mass is 282 g/mol. The number of halogens is 1. The standard InChI is InChI=1S/C14H19ClN2O2/c1-9-7-11(15)3-4-13(9)19-10(2)14(18)17-6-5-12(16)8-17/h3-4,7,10,12H,5-6,8,16H2,1-2H3/t10-,12-/m1/s1. The summed E-state index contributed by atoms with van der Waals surface area (Å²) in [5.74, 6) is 0.677. The zero-order valence-corrected chi connectivity index (χ0v) is 12.0. The van der Waals surface area contributed by atoms with Gasteiger partial charge in [-0.25, -0.2) is 0 Å². The number of rotatable bonds is 3. The van der Waals surface area contributed by atoms with E-state index in [0.717, 1.165) is 12.0 Å². The van der Waals surface area contributed by atoms with Crippen LogP contribution in [0.15, 0.2) is 18.2 Å². The van der Waals surface area contributed by atoms with E-state index in [0.29, 0.717) is 23.9 Å². The Kier molecular flexibility index (Phi) is 4.32. The summed E-state index contributed by atoms with van der Waals surface area (Å²) in [4.78, 5) is 14.0. The normalized spacial score (nSPS) is 20.4. The van der Waals surface area contributed by atoms with Gasteiger partial charge in [0.05, 0.1) is 0 Å². The average Bonchev–Trinajstić information content (AvgIpc) is 2.78. The second-order valence-corrected chi connectivity index (χ2v) is 5.44. The third kappa shape index (κ3) is 3.39. The van der Waals surface area contributed by atoms with Crippen LogP contribution in [0.4, 0.5) is 0 Å². The summed E-state index contributed by atoms with van der Waals surface area (Å²) in [5, 5.41) is 0.661. The van der Waals surface area contributed by atoms with Gasteiger partial charge in [0.25, 0.3) is 5.91 Å². The molecule has 0 aliphatic carbocycles. The molecule has 0 radical (unpaired) electrons. The van der Waals surface area contributed by atoms with Gasteiger partial charge in [0.1, 0.15) is 5.75 Å². The smallest absolute Gasteiger partial charge is 0.263 e. The van der Waals surface area contributed by atoms with Gasteiger partial charge in [-0.05, 0) is 44.0 Å². The second kappa shape index (κ2) is 5.80. The fourth-order valence-electron chi connectivity index (χ4n) is 2.23. The third-order valence-corrected chi connectivity index (χ3v) is 3.56. The first-order chi connectivity index (χ1) is 8.97. The lowest BCUT2D eigenvalue weighted by atomic mass is 10.2. The lowest BCUT2D eigenvalue weighted by Gasteiger charge is -2.22. The highest BCUT2D eigenvalue weighted by atomic mass is 35.5. The first kappa shape index (κ1) is 14.2. The van der Waals surface area contributed by atoms with E-state index in [1.807, 2.05) is 13.0 Å². The number of ether oxygens (including phenoxy) is 1. The SMILES string of the molecule is Cc1cc(Cl)ccc1O[C@H](C)C(=O)N1CC[C@@H](N)C1. The van der Waals surface area contributed by atoms with E-state index < -0.39 is 6.10 Å². The van der Waals surface area contributed by atoms with Crippen molar-refractivity contribution in [2.75, 3.05) is 13.1 Å². The molecule has 2 rings (SSSR count). The molecular formula is C14H19ClN2O2. The van der Waals surface area contributed by atoms with Gasteiger partial charge < -0.3 is 15.4 Å². The molecule has 0 bridgehead atoms. The lowest BCUT2D eigenvalue weighted by Crippen LogP contribution is -2.40. The van der Waals surface area contributed by atoms with Gasteiger partial charge in [0.2, 0.25) is 0 Å². The van der Waals surface area contributed by atoms with Gasteiger partial charge >= 0.3 is 0 Å². The molecular weight excluding hydrogens is 264 g/mol. The van der Waals surface area contributed by atoms with Crippen LogP contribution in [0.3, 0.4) is 0 Å². The number of amides is 1. The highest BCUT2D eigenvalue weighted by molar-refractivity contribution is 6.30. The van der Waals surface area contributed by atoms with Crippen LogP contribution in [0.1, 0.15) is 18.9 Å². The molecule has 1 aliphatic heterocycles. The van der Waals surface area contributed by atoms with Gasteiger partial charge in [0.15, 0.2) is 6.10 Å². The van der Waals surface area contributed by atoms with E-state index in [2.05, 4.69) is 0 Å². The maximum atomic E-state index is 12.2. The number of nitrogens with zero attached hydrogens (tertiary/aromatic N) is 1. The molecule has 2 N–H and O–H groups in total. The molecule has 1 aliphatic rings. The molecule has 0 saturated carbocycles. The summed E-state index contributed by atoms with van der Waals surface area (Å²) in [6, 6.07) is 5.46. The van der Waals surface area contributed by atoms with Crippen molar-refractivity contribution in [2.45, 2.75) is 32.4 Å². The van der Waals surface area contributed by atoms with Crippen LogP contribution in [0.2, 0.25) is 5.02 Å². The van der Waals surface area contributed by atoms with Gasteiger partial charge in [-0.15, -0.1) is 0 Å². The Morgan fingerprint density at radius 2 is 2.32 bits per heavy atom. The molecule has 1 amide bonds. The molecule has 1 aromatic carbocycles. The highest BCUT2D eigenvalue weighted by Gasteiger charge is 2.28. The van der Waals surface area contributed by atoms with Crippen molar-refractivity contribution in [3.63, 3.8) is 0 Å². The molecule has 5 heteroatoms. The van der Waals surface area contributed by atoms with Crippen LogP contribution in [-0.4, -0.2) is 36.0 Å². The Morgan fingerprint density at radius 1 is 1.58 bits per heavy atom. The molecule has 0 spiro atoms. The number of aryl methyl sites for hydroxylation is 1. The second-order valence-electron chi connectivity index (χ2n) is 5.00. The topological polar surface area (TPSA) is 55.6 Å².